The van der Waals surface area contributed by atoms with Gasteiger partial charge in [0, 0.05) is 6.07 Å². The number of rotatable bonds is 9. The minimum atomic E-state index is -0.533. The van der Waals surface area contributed by atoms with E-state index in [2.05, 4.69) is 11.7 Å². The SMILES string of the molecule is C=CCc1ccc(OCC(=O)OCc2cc(-c3ccco3)on2)c(OC)c1. The molecule has 140 valence electrons. The van der Waals surface area contributed by atoms with E-state index in [-0.39, 0.29) is 13.2 Å². The Bertz CT molecular complexity index is 897. The third-order valence-corrected chi connectivity index (χ3v) is 3.66. The zero-order valence-corrected chi connectivity index (χ0v) is 14.8. The fourth-order valence-corrected chi connectivity index (χ4v) is 2.37. The van der Waals surface area contributed by atoms with Crippen molar-refractivity contribution in [3.05, 3.63) is 66.6 Å². The molecule has 0 fully saturated rings. The fraction of sp³-hybridized carbons (Fsp3) is 0.200. The van der Waals surface area contributed by atoms with Crippen LogP contribution in [0.5, 0.6) is 11.5 Å². The van der Waals surface area contributed by atoms with Crippen LogP contribution >= 0.6 is 0 Å². The molecule has 0 spiro atoms. The second-order valence-corrected chi connectivity index (χ2v) is 5.59. The zero-order chi connectivity index (χ0) is 19.1. The van der Waals surface area contributed by atoms with Crippen LogP contribution in [0.25, 0.3) is 11.5 Å². The van der Waals surface area contributed by atoms with Gasteiger partial charge in [0.25, 0.3) is 0 Å². The second-order valence-electron chi connectivity index (χ2n) is 5.59. The first-order chi connectivity index (χ1) is 13.2. The number of allylic oxidation sites excluding steroid dienone is 1. The average molecular weight is 369 g/mol. The molecule has 2 heterocycles. The maximum Gasteiger partial charge on any atom is 0.344 e. The molecule has 3 aromatic rings. The summed E-state index contributed by atoms with van der Waals surface area (Å²) in [6.07, 6.45) is 4.05. The molecular weight excluding hydrogens is 350 g/mol. The van der Waals surface area contributed by atoms with Gasteiger partial charge in [-0.1, -0.05) is 17.3 Å². The van der Waals surface area contributed by atoms with E-state index in [4.69, 9.17) is 23.2 Å². The molecule has 0 amide bonds. The number of nitrogens with zero attached hydrogens (tertiary/aromatic N) is 1. The highest BCUT2D eigenvalue weighted by atomic mass is 16.6. The Labute approximate surface area is 156 Å². The molecule has 7 nitrogen and oxygen atoms in total. The van der Waals surface area contributed by atoms with Crippen molar-refractivity contribution in [2.75, 3.05) is 13.7 Å². The summed E-state index contributed by atoms with van der Waals surface area (Å²) in [7, 11) is 1.54. The summed E-state index contributed by atoms with van der Waals surface area (Å²) < 4.78 is 26.3. The number of aromatic nitrogens is 1. The highest BCUT2D eigenvalue weighted by Crippen LogP contribution is 2.28. The lowest BCUT2D eigenvalue weighted by Crippen LogP contribution is -2.15. The average Bonchev–Trinajstić information content (AvgIpc) is 3.37. The van der Waals surface area contributed by atoms with E-state index >= 15 is 0 Å². The monoisotopic (exact) mass is 369 g/mol. The van der Waals surface area contributed by atoms with Crippen molar-refractivity contribution in [2.45, 2.75) is 13.0 Å². The normalized spacial score (nSPS) is 10.4. The first kappa shape index (κ1) is 18.3. The molecule has 27 heavy (non-hydrogen) atoms. The van der Waals surface area contributed by atoms with Crippen LogP contribution in [-0.2, 0) is 22.6 Å². The molecule has 0 aliphatic carbocycles. The molecule has 0 atom stereocenters. The smallest absolute Gasteiger partial charge is 0.344 e. The standard InChI is InChI=1S/C20H19NO6/c1-3-5-14-7-8-17(18(10-14)23-2)25-13-20(22)26-12-15-11-19(27-21-15)16-6-4-9-24-16/h3-4,6-11H,1,5,12-13H2,2H3. The van der Waals surface area contributed by atoms with Crippen molar-refractivity contribution in [3.63, 3.8) is 0 Å². The summed E-state index contributed by atoms with van der Waals surface area (Å²) >= 11 is 0. The molecule has 2 aromatic heterocycles. The van der Waals surface area contributed by atoms with Crippen LogP contribution < -0.4 is 9.47 Å². The van der Waals surface area contributed by atoms with E-state index in [0.29, 0.717) is 28.7 Å². The Morgan fingerprint density at radius 3 is 2.85 bits per heavy atom. The molecule has 3 rings (SSSR count). The zero-order valence-electron chi connectivity index (χ0n) is 14.8. The molecule has 0 saturated carbocycles. The van der Waals surface area contributed by atoms with Gasteiger partial charge in [-0.05, 0) is 36.2 Å². The van der Waals surface area contributed by atoms with E-state index in [9.17, 15) is 4.79 Å². The summed E-state index contributed by atoms with van der Waals surface area (Å²) in [5, 5.41) is 3.84. The van der Waals surface area contributed by atoms with Crippen LogP contribution in [0, 0.1) is 0 Å². The summed E-state index contributed by atoms with van der Waals surface area (Å²) in [6.45, 7) is 3.43. The van der Waals surface area contributed by atoms with Gasteiger partial charge in [0.2, 0.25) is 5.76 Å². The number of esters is 1. The van der Waals surface area contributed by atoms with Gasteiger partial charge >= 0.3 is 5.97 Å². The Hall–Kier alpha value is -3.48. The van der Waals surface area contributed by atoms with E-state index in [1.54, 1.807) is 37.5 Å². The van der Waals surface area contributed by atoms with E-state index in [1.165, 1.54) is 6.26 Å². The molecule has 7 heteroatoms. The van der Waals surface area contributed by atoms with Gasteiger partial charge in [0.1, 0.15) is 12.3 Å². The number of hydrogen-bond acceptors (Lipinski definition) is 7. The lowest BCUT2D eigenvalue weighted by molar-refractivity contribution is -0.147. The molecule has 0 saturated heterocycles. The van der Waals surface area contributed by atoms with Crippen molar-refractivity contribution in [1.29, 1.82) is 0 Å². The summed E-state index contributed by atoms with van der Waals surface area (Å²) in [5.41, 5.74) is 1.51. The highest BCUT2D eigenvalue weighted by Gasteiger charge is 2.13. The second kappa shape index (κ2) is 8.75. The van der Waals surface area contributed by atoms with Crippen LogP contribution in [0.15, 0.2) is 64.3 Å². The summed E-state index contributed by atoms with van der Waals surface area (Å²) in [4.78, 5) is 11.9. The minimum absolute atomic E-state index is 0.0260. The number of hydrogen-bond donors (Lipinski definition) is 0. The van der Waals surface area contributed by atoms with Gasteiger partial charge in [-0.2, -0.15) is 0 Å². The number of furan rings is 1. The van der Waals surface area contributed by atoms with Crippen LogP contribution in [0.4, 0.5) is 0 Å². The molecule has 0 aliphatic rings. The predicted octanol–water partition coefficient (Wildman–Crippen LogP) is 3.79. The Balaban J connectivity index is 1.50. The van der Waals surface area contributed by atoms with Gasteiger partial charge in [0.05, 0.1) is 13.4 Å². The van der Waals surface area contributed by atoms with Crippen molar-refractivity contribution in [1.82, 2.24) is 5.16 Å². The topological polar surface area (TPSA) is 83.9 Å². The first-order valence-electron chi connectivity index (χ1n) is 8.25. The maximum atomic E-state index is 11.9. The maximum absolute atomic E-state index is 11.9. The van der Waals surface area contributed by atoms with Crippen LogP contribution in [0.3, 0.4) is 0 Å². The summed E-state index contributed by atoms with van der Waals surface area (Å²) in [6, 6.07) is 10.6. The van der Waals surface area contributed by atoms with Gasteiger partial charge in [-0.25, -0.2) is 4.79 Å². The number of carbonyl (C=O) groups excluding carboxylic acids is 1. The quantitative estimate of drug-likeness (QED) is 0.419. The van der Waals surface area contributed by atoms with Crippen molar-refractivity contribution >= 4 is 5.97 Å². The number of carbonyl (C=O) groups is 1. The minimum Gasteiger partial charge on any atom is -0.493 e. The third kappa shape index (κ3) is 4.78. The third-order valence-electron chi connectivity index (χ3n) is 3.66. The molecule has 0 aliphatic heterocycles. The Kier molecular flexibility index (Phi) is 5.94. The van der Waals surface area contributed by atoms with Gasteiger partial charge in [-0.15, -0.1) is 6.58 Å². The van der Waals surface area contributed by atoms with Crippen LogP contribution in [0.1, 0.15) is 11.3 Å². The van der Waals surface area contributed by atoms with Crippen molar-refractivity contribution in [2.24, 2.45) is 0 Å². The number of ether oxygens (including phenoxy) is 3. The number of benzene rings is 1. The van der Waals surface area contributed by atoms with E-state index in [1.807, 2.05) is 12.1 Å². The van der Waals surface area contributed by atoms with Gasteiger partial charge in [-0.3, -0.25) is 0 Å². The lowest BCUT2D eigenvalue weighted by Gasteiger charge is -2.11. The molecule has 0 unspecified atom stereocenters. The molecule has 0 N–H and O–H groups in total. The van der Waals surface area contributed by atoms with Crippen LogP contribution in [-0.4, -0.2) is 24.8 Å². The molecule has 1 aromatic carbocycles. The highest BCUT2D eigenvalue weighted by molar-refractivity contribution is 5.71. The number of methoxy groups -OCH3 is 1. The molecular formula is C20H19NO6. The Morgan fingerprint density at radius 1 is 1.22 bits per heavy atom. The first-order valence-corrected chi connectivity index (χ1v) is 8.25. The molecule has 0 bridgehead atoms. The largest absolute Gasteiger partial charge is 0.493 e. The predicted molar refractivity (Wildman–Crippen MR) is 96.4 cm³/mol. The van der Waals surface area contributed by atoms with Crippen molar-refractivity contribution < 1.29 is 27.9 Å². The Morgan fingerprint density at radius 2 is 2.11 bits per heavy atom. The van der Waals surface area contributed by atoms with Gasteiger partial charge < -0.3 is 23.2 Å². The van der Waals surface area contributed by atoms with Crippen LogP contribution in [0.2, 0.25) is 0 Å². The van der Waals surface area contributed by atoms with Gasteiger partial charge in [0.15, 0.2) is 23.9 Å². The fourth-order valence-electron chi connectivity index (χ4n) is 2.37. The lowest BCUT2D eigenvalue weighted by atomic mass is 10.1. The molecule has 0 radical (unpaired) electrons. The summed E-state index contributed by atoms with van der Waals surface area (Å²) in [5.74, 6) is 1.49. The van der Waals surface area contributed by atoms with Crippen molar-refractivity contribution in [3.8, 4) is 23.0 Å². The van der Waals surface area contributed by atoms with E-state index in [0.717, 1.165) is 12.0 Å². The van der Waals surface area contributed by atoms with E-state index < -0.39 is 5.97 Å².